The van der Waals surface area contributed by atoms with Gasteiger partial charge in [-0.05, 0) is 18.2 Å². The van der Waals surface area contributed by atoms with Crippen LogP contribution in [0.1, 0.15) is 0 Å². The fourth-order valence-corrected chi connectivity index (χ4v) is 1.49. The van der Waals surface area contributed by atoms with Crippen LogP contribution in [-0.4, -0.2) is 10.2 Å². The summed E-state index contributed by atoms with van der Waals surface area (Å²) in [6.07, 6.45) is 1.55. The summed E-state index contributed by atoms with van der Waals surface area (Å²) in [4.78, 5) is 0. The van der Waals surface area contributed by atoms with E-state index in [1.54, 1.807) is 12.3 Å². The maximum atomic E-state index is 12.8. The Morgan fingerprint density at radius 2 is 2.07 bits per heavy atom. The van der Waals surface area contributed by atoms with Gasteiger partial charge in [0.1, 0.15) is 11.6 Å². The summed E-state index contributed by atoms with van der Waals surface area (Å²) in [6, 6.07) is 4.13. The number of aromatic nitrogens is 2. The number of nitrogens with two attached hydrogens (primary N) is 1. The van der Waals surface area contributed by atoms with E-state index in [2.05, 4.69) is 10.2 Å². The molecule has 1 aromatic heterocycles. The largest absolute Gasteiger partial charge is 0.384 e. The van der Waals surface area contributed by atoms with Gasteiger partial charge in [-0.3, -0.25) is 5.10 Å². The van der Waals surface area contributed by atoms with E-state index >= 15 is 0 Å². The number of anilines is 1. The first kappa shape index (κ1) is 11.8. The lowest BCUT2D eigenvalue weighted by molar-refractivity contribution is 0.628. The van der Waals surface area contributed by atoms with Crippen molar-refractivity contribution in [1.82, 2.24) is 10.2 Å². The Morgan fingerprint density at radius 3 is 2.60 bits per heavy atom. The Bertz CT molecular complexity index is 470. The van der Waals surface area contributed by atoms with Crippen molar-refractivity contribution in [2.75, 3.05) is 5.73 Å². The Hall–Kier alpha value is -1.26. The SMILES string of the molecule is Cl.Nc1[nH]ncc1-c1ccc(F)cc1Cl. The van der Waals surface area contributed by atoms with Gasteiger partial charge in [-0.25, -0.2) is 4.39 Å². The van der Waals surface area contributed by atoms with E-state index in [1.165, 1.54) is 12.1 Å². The molecule has 0 spiro atoms. The predicted molar refractivity (Wildman–Crippen MR) is 60.7 cm³/mol. The first-order chi connectivity index (χ1) is 6.68. The lowest BCUT2D eigenvalue weighted by Gasteiger charge is -2.01. The summed E-state index contributed by atoms with van der Waals surface area (Å²) in [6.45, 7) is 0. The molecule has 0 unspecified atom stereocenters. The number of benzene rings is 1. The molecule has 3 N–H and O–H groups in total. The van der Waals surface area contributed by atoms with Crippen LogP contribution in [-0.2, 0) is 0 Å². The highest BCUT2D eigenvalue weighted by Crippen LogP contribution is 2.30. The van der Waals surface area contributed by atoms with E-state index in [0.29, 0.717) is 22.0 Å². The van der Waals surface area contributed by atoms with Crippen molar-refractivity contribution in [2.24, 2.45) is 0 Å². The van der Waals surface area contributed by atoms with E-state index in [1.807, 2.05) is 0 Å². The van der Waals surface area contributed by atoms with Gasteiger partial charge in [0.05, 0.1) is 11.2 Å². The molecule has 1 aromatic carbocycles. The van der Waals surface area contributed by atoms with Crippen LogP contribution in [0.5, 0.6) is 0 Å². The van der Waals surface area contributed by atoms with Gasteiger partial charge in [0.2, 0.25) is 0 Å². The molecule has 0 radical (unpaired) electrons. The number of H-pyrrole nitrogens is 1. The van der Waals surface area contributed by atoms with Crippen molar-refractivity contribution in [3.63, 3.8) is 0 Å². The first-order valence-electron chi connectivity index (χ1n) is 3.93. The molecule has 2 aromatic rings. The summed E-state index contributed by atoms with van der Waals surface area (Å²) >= 11 is 5.86. The van der Waals surface area contributed by atoms with Crippen LogP contribution >= 0.6 is 24.0 Å². The van der Waals surface area contributed by atoms with Crippen LogP contribution in [0, 0.1) is 5.82 Å². The van der Waals surface area contributed by atoms with Crippen LogP contribution in [0.25, 0.3) is 11.1 Å². The van der Waals surface area contributed by atoms with Gasteiger partial charge in [-0.1, -0.05) is 11.6 Å². The average molecular weight is 248 g/mol. The molecule has 2 rings (SSSR count). The Morgan fingerprint density at radius 1 is 1.33 bits per heavy atom. The van der Waals surface area contributed by atoms with Crippen LogP contribution in [0.15, 0.2) is 24.4 Å². The molecule has 0 aliphatic heterocycles. The molecule has 1 heterocycles. The molecular weight excluding hydrogens is 240 g/mol. The van der Waals surface area contributed by atoms with E-state index in [4.69, 9.17) is 17.3 Å². The zero-order valence-corrected chi connectivity index (χ0v) is 9.07. The molecule has 3 nitrogen and oxygen atoms in total. The number of halogens is 3. The molecule has 0 fully saturated rings. The minimum atomic E-state index is -0.374. The quantitative estimate of drug-likeness (QED) is 0.815. The second-order valence-electron chi connectivity index (χ2n) is 2.82. The standard InChI is InChI=1S/C9H7ClFN3.ClH/c10-8-3-5(11)1-2-6(8)7-4-13-14-9(7)12;/h1-4H,(H3,12,13,14);1H. The van der Waals surface area contributed by atoms with Gasteiger partial charge >= 0.3 is 0 Å². The Balaban J connectivity index is 0.00000112. The predicted octanol–water partition coefficient (Wildman–Crippen LogP) is 2.87. The smallest absolute Gasteiger partial charge is 0.126 e. The van der Waals surface area contributed by atoms with E-state index in [-0.39, 0.29) is 18.2 Å². The summed E-state index contributed by atoms with van der Waals surface area (Å²) < 4.78 is 12.8. The molecule has 0 saturated heterocycles. The van der Waals surface area contributed by atoms with Gasteiger partial charge in [-0.2, -0.15) is 5.10 Å². The zero-order chi connectivity index (χ0) is 10.1. The molecular formula is C9H8Cl2FN3. The summed E-state index contributed by atoms with van der Waals surface area (Å²) in [5.41, 5.74) is 6.95. The fraction of sp³-hybridized carbons (Fsp3) is 0. The molecule has 0 bridgehead atoms. The van der Waals surface area contributed by atoms with Crippen molar-refractivity contribution in [3.05, 3.63) is 35.2 Å². The van der Waals surface area contributed by atoms with Crippen LogP contribution in [0.4, 0.5) is 10.2 Å². The third-order valence-electron chi connectivity index (χ3n) is 1.89. The van der Waals surface area contributed by atoms with Gasteiger partial charge in [0, 0.05) is 11.1 Å². The van der Waals surface area contributed by atoms with Gasteiger partial charge in [0.15, 0.2) is 0 Å². The average Bonchev–Trinajstić information content (AvgIpc) is 2.52. The highest BCUT2D eigenvalue weighted by Gasteiger charge is 2.08. The molecule has 0 aliphatic carbocycles. The van der Waals surface area contributed by atoms with E-state index in [0.717, 1.165) is 0 Å². The summed E-state index contributed by atoms with van der Waals surface area (Å²) in [7, 11) is 0. The second-order valence-corrected chi connectivity index (χ2v) is 3.23. The molecule has 6 heteroatoms. The van der Waals surface area contributed by atoms with Crippen LogP contribution in [0.2, 0.25) is 5.02 Å². The third kappa shape index (κ3) is 2.22. The number of nitrogens with one attached hydrogen (secondary N) is 1. The first-order valence-corrected chi connectivity index (χ1v) is 4.30. The minimum absolute atomic E-state index is 0. The molecule has 0 atom stereocenters. The monoisotopic (exact) mass is 247 g/mol. The van der Waals surface area contributed by atoms with Crippen molar-refractivity contribution < 1.29 is 4.39 Å². The summed E-state index contributed by atoms with van der Waals surface area (Å²) in [5.74, 6) is 0.0410. The molecule has 0 aliphatic rings. The molecule has 0 amide bonds. The second kappa shape index (κ2) is 4.51. The summed E-state index contributed by atoms with van der Waals surface area (Å²) in [5, 5.41) is 6.66. The Labute approximate surface area is 96.8 Å². The van der Waals surface area contributed by atoms with Crippen molar-refractivity contribution in [1.29, 1.82) is 0 Å². The maximum Gasteiger partial charge on any atom is 0.126 e. The van der Waals surface area contributed by atoms with Gasteiger partial charge in [-0.15, -0.1) is 12.4 Å². The van der Waals surface area contributed by atoms with Crippen molar-refractivity contribution >= 4 is 29.8 Å². The lowest BCUT2D eigenvalue weighted by atomic mass is 10.1. The number of nitrogen functional groups attached to an aromatic ring is 1. The van der Waals surface area contributed by atoms with Crippen LogP contribution < -0.4 is 5.73 Å². The number of aromatic amines is 1. The van der Waals surface area contributed by atoms with Gasteiger partial charge < -0.3 is 5.73 Å². The normalized spacial score (nSPS) is 9.73. The fourth-order valence-electron chi connectivity index (χ4n) is 1.22. The minimum Gasteiger partial charge on any atom is -0.384 e. The highest BCUT2D eigenvalue weighted by molar-refractivity contribution is 6.33. The van der Waals surface area contributed by atoms with Gasteiger partial charge in [0.25, 0.3) is 0 Å². The highest BCUT2D eigenvalue weighted by atomic mass is 35.5. The Kier molecular flexibility index (Phi) is 3.55. The lowest BCUT2D eigenvalue weighted by Crippen LogP contribution is -1.88. The zero-order valence-electron chi connectivity index (χ0n) is 7.50. The van der Waals surface area contributed by atoms with E-state index in [9.17, 15) is 4.39 Å². The van der Waals surface area contributed by atoms with E-state index < -0.39 is 0 Å². The number of hydrogen-bond acceptors (Lipinski definition) is 2. The number of nitrogens with zero attached hydrogens (tertiary/aromatic N) is 1. The number of rotatable bonds is 1. The third-order valence-corrected chi connectivity index (χ3v) is 2.20. The molecule has 15 heavy (non-hydrogen) atoms. The number of hydrogen-bond donors (Lipinski definition) is 2. The topological polar surface area (TPSA) is 54.7 Å². The van der Waals surface area contributed by atoms with Crippen LogP contribution in [0.3, 0.4) is 0 Å². The van der Waals surface area contributed by atoms with Crippen molar-refractivity contribution in [2.45, 2.75) is 0 Å². The maximum absolute atomic E-state index is 12.8. The molecule has 80 valence electrons. The molecule has 0 saturated carbocycles. The van der Waals surface area contributed by atoms with Crippen molar-refractivity contribution in [3.8, 4) is 11.1 Å².